The number of halogens is 4. The van der Waals surface area contributed by atoms with Crippen LogP contribution in [0, 0.1) is 18.6 Å². The third-order valence-electron chi connectivity index (χ3n) is 6.21. The highest BCUT2D eigenvalue weighted by Gasteiger charge is 2.53. The van der Waals surface area contributed by atoms with E-state index in [4.69, 9.17) is 0 Å². The first-order valence-corrected chi connectivity index (χ1v) is 10.3. The number of aliphatic hydroxyl groups excluding tert-OH is 1. The number of carbonyl (C=O) groups excluding carboxylic acids is 2. The SMILES string of the molecule is Cc1cc(NC(=O)c2cccc(C(F)(F)C(=O)N3C4CC[C@@H]3C[C@@H](O)C4)c2F)ccc1F. The molecule has 2 saturated heterocycles. The Morgan fingerprint density at radius 3 is 2.38 bits per heavy atom. The predicted octanol–water partition coefficient (Wildman–Crippen LogP) is 4.13. The molecule has 2 aliphatic rings. The van der Waals surface area contributed by atoms with Crippen molar-refractivity contribution in [1.82, 2.24) is 4.90 Å². The fourth-order valence-electron chi connectivity index (χ4n) is 4.63. The fraction of sp³-hybridized carbons (Fsp3) is 0.391. The van der Waals surface area contributed by atoms with E-state index in [2.05, 4.69) is 5.32 Å². The summed E-state index contributed by atoms with van der Waals surface area (Å²) in [4.78, 5) is 26.4. The van der Waals surface area contributed by atoms with Crippen LogP contribution < -0.4 is 5.32 Å². The largest absolute Gasteiger partial charge is 0.393 e. The molecule has 1 unspecified atom stereocenters. The Kier molecular flexibility index (Phi) is 5.70. The van der Waals surface area contributed by atoms with Crippen LogP contribution in [-0.2, 0) is 10.7 Å². The summed E-state index contributed by atoms with van der Waals surface area (Å²) in [7, 11) is 0. The highest BCUT2D eigenvalue weighted by molar-refractivity contribution is 6.04. The zero-order valence-electron chi connectivity index (χ0n) is 17.2. The van der Waals surface area contributed by atoms with Crippen molar-refractivity contribution in [1.29, 1.82) is 0 Å². The van der Waals surface area contributed by atoms with Crippen LogP contribution in [0.15, 0.2) is 36.4 Å². The van der Waals surface area contributed by atoms with Crippen LogP contribution in [0.2, 0.25) is 0 Å². The van der Waals surface area contributed by atoms with Crippen molar-refractivity contribution >= 4 is 17.5 Å². The Morgan fingerprint density at radius 2 is 1.75 bits per heavy atom. The number of aliphatic hydroxyl groups is 1. The van der Waals surface area contributed by atoms with Gasteiger partial charge in [-0.15, -0.1) is 0 Å². The van der Waals surface area contributed by atoms with Gasteiger partial charge in [0.05, 0.1) is 17.2 Å². The molecule has 32 heavy (non-hydrogen) atoms. The van der Waals surface area contributed by atoms with Gasteiger partial charge in [-0.1, -0.05) is 6.07 Å². The zero-order chi connectivity index (χ0) is 23.2. The minimum absolute atomic E-state index is 0.171. The third-order valence-corrected chi connectivity index (χ3v) is 6.21. The van der Waals surface area contributed by atoms with Crippen LogP contribution in [0.25, 0.3) is 0 Å². The molecular weight excluding hydrogens is 428 g/mol. The zero-order valence-corrected chi connectivity index (χ0v) is 17.2. The number of nitrogens with one attached hydrogen (secondary N) is 1. The summed E-state index contributed by atoms with van der Waals surface area (Å²) in [5.41, 5.74) is -1.43. The lowest BCUT2D eigenvalue weighted by molar-refractivity contribution is -0.166. The third kappa shape index (κ3) is 3.85. The van der Waals surface area contributed by atoms with Gasteiger partial charge < -0.3 is 15.3 Å². The summed E-state index contributed by atoms with van der Waals surface area (Å²) in [6.45, 7) is 1.48. The molecule has 2 N–H and O–H groups in total. The number of hydrogen-bond donors (Lipinski definition) is 2. The van der Waals surface area contributed by atoms with Gasteiger partial charge in [-0.25, -0.2) is 8.78 Å². The number of piperidine rings is 1. The van der Waals surface area contributed by atoms with Crippen molar-refractivity contribution in [3.8, 4) is 0 Å². The van der Waals surface area contributed by atoms with Crippen LogP contribution in [0.3, 0.4) is 0 Å². The first-order valence-electron chi connectivity index (χ1n) is 10.3. The number of alkyl halides is 2. The lowest BCUT2D eigenvalue weighted by atomic mass is 9.96. The Labute approximate surface area is 182 Å². The second kappa shape index (κ2) is 8.20. The molecule has 2 aliphatic heterocycles. The normalized spacial score (nSPS) is 22.7. The number of benzene rings is 2. The van der Waals surface area contributed by atoms with Crippen LogP contribution in [0.1, 0.15) is 47.2 Å². The molecule has 0 aromatic heterocycles. The van der Waals surface area contributed by atoms with E-state index in [0.29, 0.717) is 12.8 Å². The molecule has 0 saturated carbocycles. The molecule has 2 heterocycles. The van der Waals surface area contributed by atoms with Crippen molar-refractivity contribution < 1.29 is 32.3 Å². The van der Waals surface area contributed by atoms with E-state index in [1.54, 1.807) is 0 Å². The first-order chi connectivity index (χ1) is 15.1. The smallest absolute Gasteiger partial charge is 0.352 e. The molecule has 170 valence electrons. The van der Waals surface area contributed by atoms with Gasteiger partial charge in [0.15, 0.2) is 0 Å². The van der Waals surface area contributed by atoms with Crippen molar-refractivity contribution in [3.05, 3.63) is 64.7 Å². The molecule has 3 atom stereocenters. The van der Waals surface area contributed by atoms with E-state index in [1.165, 1.54) is 19.1 Å². The maximum Gasteiger partial charge on any atom is 0.352 e. The minimum Gasteiger partial charge on any atom is -0.393 e. The summed E-state index contributed by atoms with van der Waals surface area (Å²) >= 11 is 0. The first kappa shape index (κ1) is 22.3. The Morgan fingerprint density at radius 1 is 1.09 bits per heavy atom. The lowest BCUT2D eigenvalue weighted by Crippen LogP contribution is -2.53. The van der Waals surface area contributed by atoms with E-state index in [9.17, 15) is 19.1 Å². The molecule has 0 radical (unpaired) electrons. The van der Waals surface area contributed by atoms with E-state index < -0.39 is 58.7 Å². The summed E-state index contributed by atoms with van der Waals surface area (Å²) in [5, 5.41) is 12.2. The summed E-state index contributed by atoms with van der Waals surface area (Å²) in [6, 6.07) is 5.58. The van der Waals surface area contributed by atoms with E-state index in [0.717, 1.165) is 29.2 Å². The molecule has 4 rings (SSSR count). The Hall–Kier alpha value is -2.94. The Bertz CT molecular complexity index is 1060. The predicted molar refractivity (Wildman–Crippen MR) is 108 cm³/mol. The molecule has 2 bridgehead atoms. The molecule has 2 aromatic rings. The standard InChI is InChI=1S/C23H22F4N2O3/c1-12-9-13(5-8-19(12)24)28-21(31)17-3-2-4-18(20(17)25)23(26,27)22(32)29-14-6-7-15(29)11-16(30)10-14/h2-5,8-9,14-16,30H,6-7,10-11H2,1H3,(H,28,31)/t14-,15?,16-/m1/s1. The second-order valence-electron chi connectivity index (χ2n) is 8.38. The number of rotatable bonds is 4. The van der Waals surface area contributed by atoms with Gasteiger partial charge in [0.1, 0.15) is 11.6 Å². The molecule has 5 nitrogen and oxygen atoms in total. The monoisotopic (exact) mass is 450 g/mol. The number of aryl methyl sites for hydroxylation is 1. The Balaban J connectivity index is 1.60. The number of nitrogens with zero attached hydrogens (tertiary/aromatic N) is 1. The number of fused-ring (bicyclic) bond motifs is 2. The van der Waals surface area contributed by atoms with Gasteiger partial charge in [-0.2, -0.15) is 8.78 Å². The van der Waals surface area contributed by atoms with E-state index in [-0.39, 0.29) is 24.1 Å². The molecule has 2 aromatic carbocycles. The molecular formula is C23H22F4N2O3. The summed E-state index contributed by atoms with van der Waals surface area (Å²) in [5.74, 6) is -8.70. The van der Waals surface area contributed by atoms with Crippen LogP contribution in [0.5, 0.6) is 0 Å². The highest BCUT2D eigenvalue weighted by atomic mass is 19.3. The lowest BCUT2D eigenvalue weighted by Gasteiger charge is -2.39. The molecule has 2 fully saturated rings. The van der Waals surface area contributed by atoms with Crippen LogP contribution in [-0.4, -0.2) is 40.0 Å². The molecule has 0 aliphatic carbocycles. The van der Waals surface area contributed by atoms with Gasteiger partial charge in [0.25, 0.3) is 11.8 Å². The van der Waals surface area contributed by atoms with Crippen molar-refractivity contribution in [3.63, 3.8) is 0 Å². The maximum absolute atomic E-state index is 15.2. The summed E-state index contributed by atoms with van der Waals surface area (Å²) in [6.07, 6.45) is 0.779. The van der Waals surface area contributed by atoms with Crippen molar-refractivity contribution in [2.24, 2.45) is 0 Å². The van der Waals surface area contributed by atoms with Gasteiger partial charge in [-0.05, 0) is 68.5 Å². The number of carbonyl (C=O) groups is 2. The van der Waals surface area contributed by atoms with Gasteiger partial charge in [-0.3, -0.25) is 9.59 Å². The van der Waals surface area contributed by atoms with Gasteiger partial charge in [0, 0.05) is 17.8 Å². The molecule has 2 amide bonds. The average Bonchev–Trinajstić information content (AvgIpc) is 3.00. The van der Waals surface area contributed by atoms with E-state index >= 15 is 13.2 Å². The van der Waals surface area contributed by atoms with Gasteiger partial charge in [0.2, 0.25) is 0 Å². The quantitative estimate of drug-likeness (QED) is 0.689. The second-order valence-corrected chi connectivity index (χ2v) is 8.38. The topological polar surface area (TPSA) is 69.6 Å². The van der Waals surface area contributed by atoms with Gasteiger partial charge >= 0.3 is 5.92 Å². The summed E-state index contributed by atoms with van der Waals surface area (Å²) < 4.78 is 58.8. The minimum atomic E-state index is -4.18. The van der Waals surface area contributed by atoms with Crippen molar-refractivity contribution in [2.45, 2.75) is 56.7 Å². The molecule has 9 heteroatoms. The van der Waals surface area contributed by atoms with Crippen LogP contribution in [0.4, 0.5) is 23.2 Å². The highest BCUT2D eigenvalue weighted by Crippen LogP contribution is 2.41. The van der Waals surface area contributed by atoms with E-state index in [1.807, 2.05) is 0 Å². The number of amides is 2. The number of hydrogen-bond acceptors (Lipinski definition) is 3. The maximum atomic E-state index is 15.2. The van der Waals surface area contributed by atoms with Crippen LogP contribution >= 0.6 is 0 Å². The van der Waals surface area contributed by atoms with Crippen molar-refractivity contribution in [2.75, 3.05) is 5.32 Å². The average molecular weight is 450 g/mol. The fourth-order valence-corrected chi connectivity index (χ4v) is 4.63. The molecule has 0 spiro atoms. The number of anilines is 1.